The summed E-state index contributed by atoms with van der Waals surface area (Å²) >= 11 is 0. The average Bonchev–Trinajstić information content (AvgIpc) is 2.96. The van der Waals surface area contributed by atoms with Crippen LogP contribution in [0.2, 0.25) is 0 Å². The minimum atomic E-state index is -3.13. The Hall–Kier alpha value is -1.84. The van der Waals surface area contributed by atoms with Gasteiger partial charge < -0.3 is 4.52 Å². The minimum absolute atomic E-state index is 0.322. The third-order valence-corrected chi connectivity index (χ3v) is 5.03. The van der Waals surface area contributed by atoms with Crippen LogP contribution < -0.4 is 0 Å². The van der Waals surface area contributed by atoms with Crippen molar-refractivity contribution < 1.29 is 17.3 Å². The Labute approximate surface area is 133 Å². The zero-order valence-electron chi connectivity index (χ0n) is 12.6. The number of piperazine rings is 1. The largest absolute Gasteiger partial charge is 0.334 e. The van der Waals surface area contributed by atoms with Crippen molar-refractivity contribution in [2.45, 2.75) is 6.54 Å². The van der Waals surface area contributed by atoms with Crippen molar-refractivity contribution in [3.05, 3.63) is 35.9 Å². The van der Waals surface area contributed by atoms with Crippen molar-refractivity contribution in [1.29, 1.82) is 0 Å². The number of benzene rings is 1. The van der Waals surface area contributed by atoms with E-state index in [-0.39, 0.29) is 5.82 Å². The number of sulfonamides is 1. The molecule has 1 aromatic carbocycles. The summed E-state index contributed by atoms with van der Waals surface area (Å²) < 4.78 is 42.5. The van der Waals surface area contributed by atoms with Gasteiger partial charge in [0, 0.05) is 31.7 Å². The first-order valence-electron chi connectivity index (χ1n) is 7.18. The Kier molecular flexibility index (Phi) is 4.42. The fraction of sp³-hybridized carbons (Fsp3) is 0.429. The second kappa shape index (κ2) is 6.34. The zero-order chi connectivity index (χ0) is 16.4. The molecule has 0 atom stereocenters. The van der Waals surface area contributed by atoms with E-state index in [9.17, 15) is 12.8 Å². The smallest absolute Gasteiger partial charge is 0.257 e. The van der Waals surface area contributed by atoms with Crippen molar-refractivity contribution in [3.8, 4) is 11.5 Å². The molecule has 0 amide bonds. The van der Waals surface area contributed by atoms with Crippen LogP contribution in [0.4, 0.5) is 4.39 Å². The summed E-state index contributed by atoms with van der Waals surface area (Å²) in [6.45, 7) is 2.65. The molecule has 0 radical (unpaired) electrons. The molecule has 7 nitrogen and oxygen atoms in total. The third-order valence-electron chi connectivity index (χ3n) is 3.72. The molecule has 0 unspecified atom stereocenters. The Bertz CT molecular complexity index is 768. The van der Waals surface area contributed by atoms with E-state index in [0.717, 1.165) is 0 Å². The average molecular weight is 340 g/mol. The summed E-state index contributed by atoms with van der Waals surface area (Å²) in [5.41, 5.74) is 0.659. The summed E-state index contributed by atoms with van der Waals surface area (Å²) in [6.07, 6.45) is 1.22. The van der Waals surface area contributed by atoms with Gasteiger partial charge in [0.05, 0.1) is 12.8 Å². The summed E-state index contributed by atoms with van der Waals surface area (Å²) in [4.78, 5) is 6.37. The van der Waals surface area contributed by atoms with E-state index in [1.54, 1.807) is 12.1 Å². The van der Waals surface area contributed by atoms with Crippen LogP contribution in [0.5, 0.6) is 0 Å². The molecule has 2 aromatic rings. The van der Waals surface area contributed by atoms with Gasteiger partial charge in [0.25, 0.3) is 5.89 Å². The van der Waals surface area contributed by atoms with Gasteiger partial charge in [0.1, 0.15) is 5.82 Å². The standard InChI is InChI=1S/C14H17FN4O3S/c1-23(20,21)19-8-6-18(7-9-19)10-13-16-14(22-17-13)11-2-4-12(15)5-3-11/h2-5H,6-10H2,1H3. The monoisotopic (exact) mass is 340 g/mol. The van der Waals surface area contributed by atoms with E-state index in [1.807, 2.05) is 0 Å². The highest BCUT2D eigenvalue weighted by atomic mass is 32.2. The molecule has 2 heterocycles. The van der Waals surface area contributed by atoms with Crippen LogP contribution in [0.25, 0.3) is 11.5 Å². The predicted molar refractivity (Wildman–Crippen MR) is 81.4 cm³/mol. The van der Waals surface area contributed by atoms with E-state index in [4.69, 9.17) is 4.52 Å². The molecule has 1 fully saturated rings. The van der Waals surface area contributed by atoms with E-state index < -0.39 is 10.0 Å². The van der Waals surface area contributed by atoms with Gasteiger partial charge in [-0.3, -0.25) is 4.90 Å². The Balaban J connectivity index is 1.61. The first-order valence-corrected chi connectivity index (χ1v) is 9.03. The summed E-state index contributed by atoms with van der Waals surface area (Å²) in [7, 11) is -3.13. The number of rotatable bonds is 4. The first kappa shape index (κ1) is 16.0. The normalized spacial score (nSPS) is 17.5. The van der Waals surface area contributed by atoms with Crippen LogP contribution in [0.1, 0.15) is 5.82 Å². The van der Waals surface area contributed by atoms with E-state index in [2.05, 4.69) is 15.0 Å². The van der Waals surface area contributed by atoms with Crippen molar-refractivity contribution in [2.75, 3.05) is 32.4 Å². The van der Waals surface area contributed by atoms with Gasteiger partial charge in [-0.1, -0.05) is 5.16 Å². The lowest BCUT2D eigenvalue weighted by molar-refractivity contribution is 0.177. The number of halogens is 1. The van der Waals surface area contributed by atoms with Gasteiger partial charge in [-0.05, 0) is 24.3 Å². The van der Waals surface area contributed by atoms with Crippen molar-refractivity contribution >= 4 is 10.0 Å². The Morgan fingerprint density at radius 3 is 2.43 bits per heavy atom. The van der Waals surface area contributed by atoms with Gasteiger partial charge >= 0.3 is 0 Å². The van der Waals surface area contributed by atoms with E-state index in [1.165, 1.54) is 22.7 Å². The van der Waals surface area contributed by atoms with Crippen LogP contribution in [0.15, 0.2) is 28.8 Å². The summed E-state index contributed by atoms with van der Waals surface area (Å²) in [5.74, 6) is 0.545. The van der Waals surface area contributed by atoms with Gasteiger partial charge in [-0.15, -0.1) is 0 Å². The second-order valence-electron chi connectivity index (χ2n) is 5.46. The first-order chi connectivity index (χ1) is 10.9. The van der Waals surface area contributed by atoms with Crippen LogP contribution in [0, 0.1) is 5.82 Å². The molecule has 3 rings (SSSR count). The van der Waals surface area contributed by atoms with Crippen LogP contribution >= 0.6 is 0 Å². The molecule has 1 aliphatic heterocycles. The number of nitrogens with zero attached hydrogens (tertiary/aromatic N) is 4. The summed E-state index contributed by atoms with van der Waals surface area (Å²) in [5, 5.41) is 3.92. The highest BCUT2D eigenvalue weighted by Gasteiger charge is 2.24. The topological polar surface area (TPSA) is 79.5 Å². The molecule has 23 heavy (non-hydrogen) atoms. The molecule has 124 valence electrons. The molecule has 0 bridgehead atoms. The molecular weight excluding hydrogens is 323 g/mol. The quantitative estimate of drug-likeness (QED) is 0.825. The number of aromatic nitrogens is 2. The highest BCUT2D eigenvalue weighted by molar-refractivity contribution is 7.88. The maximum atomic E-state index is 12.9. The second-order valence-corrected chi connectivity index (χ2v) is 7.44. The zero-order valence-corrected chi connectivity index (χ0v) is 13.5. The number of hydrogen-bond acceptors (Lipinski definition) is 6. The highest BCUT2D eigenvalue weighted by Crippen LogP contribution is 2.18. The van der Waals surface area contributed by atoms with Crippen molar-refractivity contribution in [2.24, 2.45) is 0 Å². The molecule has 1 aromatic heterocycles. The SMILES string of the molecule is CS(=O)(=O)N1CCN(Cc2noc(-c3ccc(F)cc3)n2)CC1. The van der Waals surface area contributed by atoms with Gasteiger partial charge in [-0.25, -0.2) is 12.8 Å². The third kappa shape index (κ3) is 3.92. The Morgan fingerprint density at radius 2 is 1.83 bits per heavy atom. The molecule has 0 aliphatic carbocycles. The van der Waals surface area contributed by atoms with Gasteiger partial charge in [-0.2, -0.15) is 9.29 Å². The molecule has 0 spiro atoms. The fourth-order valence-corrected chi connectivity index (χ4v) is 3.27. The summed E-state index contributed by atoms with van der Waals surface area (Å²) in [6, 6.07) is 5.84. The molecule has 0 N–H and O–H groups in total. The predicted octanol–water partition coefficient (Wildman–Crippen LogP) is 0.953. The molecule has 1 saturated heterocycles. The Morgan fingerprint density at radius 1 is 1.17 bits per heavy atom. The van der Waals surface area contributed by atoms with Crippen LogP contribution in [0.3, 0.4) is 0 Å². The van der Waals surface area contributed by atoms with Gasteiger partial charge in [0.2, 0.25) is 10.0 Å². The molecular formula is C14H17FN4O3S. The lowest BCUT2D eigenvalue weighted by atomic mass is 10.2. The molecule has 9 heteroatoms. The van der Waals surface area contributed by atoms with Crippen molar-refractivity contribution in [1.82, 2.24) is 19.3 Å². The fourth-order valence-electron chi connectivity index (χ4n) is 2.45. The number of hydrogen-bond donors (Lipinski definition) is 0. The van der Waals surface area contributed by atoms with Crippen LogP contribution in [-0.4, -0.2) is 60.2 Å². The van der Waals surface area contributed by atoms with Crippen molar-refractivity contribution in [3.63, 3.8) is 0 Å². The molecule has 1 aliphatic rings. The van der Waals surface area contributed by atoms with E-state index in [0.29, 0.717) is 50.0 Å². The lowest BCUT2D eigenvalue weighted by Crippen LogP contribution is -2.47. The van der Waals surface area contributed by atoms with E-state index >= 15 is 0 Å². The maximum absolute atomic E-state index is 12.9. The molecule has 0 saturated carbocycles. The lowest BCUT2D eigenvalue weighted by Gasteiger charge is -2.32. The minimum Gasteiger partial charge on any atom is -0.334 e. The van der Waals surface area contributed by atoms with Gasteiger partial charge in [0.15, 0.2) is 5.82 Å². The maximum Gasteiger partial charge on any atom is 0.257 e. The van der Waals surface area contributed by atoms with Crippen LogP contribution in [-0.2, 0) is 16.6 Å².